The van der Waals surface area contributed by atoms with Crippen LogP contribution in [0.5, 0.6) is 0 Å². The monoisotopic (exact) mass is 276 g/mol. The molecule has 1 rings (SSSR count). The van der Waals surface area contributed by atoms with Crippen LogP contribution in [0.3, 0.4) is 0 Å². The number of halogens is 2. The molecule has 7 heteroatoms. The maximum Gasteiger partial charge on any atom is 0.413 e. The summed E-state index contributed by atoms with van der Waals surface area (Å²) in [5, 5.41) is 4.92. The molecule has 1 aromatic rings. The van der Waals surface area contributed by atoms with Gasteiger partial charge in [0.05, 0.1) is 11.6 Å². The molecule has 4 nitrogen and oxygen atoms in total. The van der Waals surface area contributed by atoms with Crippen molar-refractivity contribution in [1.82, 2.24) is 5.32 Å². The molecule has 0 aliphatic rings. The van der Waals surface area contributed by atoms with Crippen LogP contribution < -0.4 is 10.6 Å². The van der Waals surface area contributed by atoms with Crippen LogP contribution >= 0.6 is 23.8 Å². The number of benzene rings is 1. The van der Waals surface area contributed by atoms with Crippen molar-refractivity contribution in [2.75, 3.05) is 11.9 Å². The van der Waals surface area contributed by atoms with E-state index < -0.39 is 11.9 Å². The van der Waals surface area contributed by atoms with Gasteiger partial charge in [-0.3, -0.25) is 5.32 Å². The van der Waals surface area contributed by atoms with Gasteiger partial charge < -0.3 is 10.1 Å². The molecule has 1 amide bonds. The van der Waals surface area contributed by atoms with Crippen LogP contribution in [0.15, 0.2) is 18.2 Å². The fourth-order valence-corrected chi connectivity index (χ4v) is 1.31. The second-order valence-corrected chi connectivity index (χ2v) is 3.74. The predicted molar refractivity (Wildman–Crippen MR) is 67.8 cm³/mol. The lowest BCUT2D eigenvalue weighted by Crippen LogP contribution is -2.34. The van der Waals surface area contributed by atoms with Gasteiger partial charge in [0.2, 0.25) is 0 Å². The number of alkyl carbamates (subject to hydrolysis) is 1. The Kier molecular flexibility index (Phi) is 5.11. The van der Waals surface area contributed by atoms with Crippen molar-refractivity contribution in [1.29, 1.82) is 0 Å². The lowest BCUT2D eigenvalue weighted by molar-refractivity contribution is 0.158. The quantitative estimate of drug-likeness (QED) is 0.816. The SMILES string of the molecule is CCOC(=O)NC(=S)Nc1ccc(Cl)c(F)c1. The Morgan fingerprint density at radius 1 is 1.59 bits per heavy atom. The third-order valence-corrected chi connectivity index (χ3v) is 2.18. The van der Waals surface area contributed by atoms with Crippen LogP contribution in [0.4, 0.5) is 14.9 Å². The highest BCUT2D eigenvalue weighted by Gasteiger charge is 2.06. The molecule has 0 aliphatic carbocycles. The average molecular weight is 277 g/mol. The van der Waals surface area contributed by atoms with Crippen molar-refractivity contribution in [3.63, 3.8) is 0 Å². The van der Waals surface area contributed by atoms with Gasteiger partial charge in [-0.05, 0) is 37.3 Å². The van der Waals surface area contributed by atoms with Gasteiger partial charge in [0.1, 0.15) is 5.82 Å². The minimum absolute atomic E-state index is 0.0137. The number of rotatable bonds is 2. The third kappa shape index (κ3) is 4.54. The number of hydrogen-bond donors (Lipinski definition) is 2. The summed E-state index contributed by atoms with van der Waals surface area (Å²) < 4.78 is 17.7. The molecule has 0 saturated carbocycles. The van der Waals surface area contributed by atoms with Crippen LogP contribution in [0.2, 0.25) is 5.02 Å². The zero-order chi connectivity index (χ0) is 12.8. The van der Waals surface area contributed by atoms with E-state index in [9.17, 15) is 9.18 Å². The summed E-state index contributed by atoms with van der Waals surface area (Å²) in [7, 11) is 0. The number of carbonyl (C=O) groups excluding carboxylic acids is 1. The molecule has 0 saturated heterocycles. The van der Waals surface area contributed by atoms with E-state index in [2.05, 4.69) is 15.4 Å². The fraction of sp³-hybridized carbons (Fsp3) is 0.200. The molecular weight excluding hydrogens is 267 g/mol. The van der Waals surface area contributed by atoms with Gasteiger partial charge in [-0.15, -0.1) is 0 Å². The molecule has 17 heavy (non-hydrogen) atoms. The van der Waals surface area contributed by atoms with E-state index in [0.717, 1.165) is 0 Å². The van der Waals surface area contributed by atoms with Crippen molar-refractivity contribution in [2.24, 2.45) is 0 Å². The number of anilines is 1. The number of ether oxygens (including phenoxy) is 1. The Balaban J connectivity index is 2.56. The van der Waals surface area contributed by atoms with Crippen molar-refractivity contribution in [3.8, 4) is 0 Å². The topological polar surface area (TPSA) is 50.4 Å². The van der Waals surface area contributed by atoms with Crippen molar-refractivity contribution < 1.29 is 13.9 Å². The highest BCUT2D eigenvalue weighted by Crippen LogP contribution is 2.18. The second kappa shape index (κ2) is 6.36. The van der Waals surface area contributed by atoms with Gasteiger partial charge in [-0.2, -0.15) is 0 Å². The van der Waals surface area contributed by atoms with Gasteiger partial charge in [0, 0.05) is 5.69 Å². The molecule has 2 N–H and O–H groups in total. The molecule has 0 bridgehead atoms. The Bertz CT molecular complexity index is 442. The number of thiocarbonyl (C=S) groups is 1. The van der Waals surface area contributed by atoms with E-state index in [-0.39, 0.29) is 16.7 Å². The maximum absolute atomic E-state index is 13.1. The Hall–Kier alpha value is -1.40. The van der Waals surface area contributed by atoms with Crippen LogP contribution in [-0.4, -0.2) is 17.8 Å². The highest BCUT2D eigenvalue weighted by atomic mass is 35.5. The number of carbonyl (C=O) groups is 1. The van der Waals surface area contributed by atoms with Gasteiger partial charge >= 0.3 is 6.09 Å². The average Bonchev–Trinajstić information content (AvgIpc) is 2.23. The number of hydrogen-bond acceptors (Lipinski definition) is 3. The first kappa shape index (κ1) is 13.7. The predicted octanol–water partition coefficient (Wildman–Crippen LogP) is 2.92. The molecule has 0 aliphatic heterocycles. The van der Waals surface area contributed by atoms with Gasteiger partial charge in [0.15, 0.2) is 5.11 Å². The zero-order valence-corrected chi connectivity index (χ0v) is 10.5. The lowest BCUT2D eigenvalue weighted by Gasteiger charge is -2.09. The van der Waals surface area contributed by atoms with E-state index in [4.69, 9.17) is 23.8 Å². The van der Waals surface area contributed by atoms with Crippen LogP contribution in [-0.2, 0) is 4.74 Å². The molecule has 0 atom stereocenters. The van der Waals surface area contributed by atoms with E-state index >= 15 is 0 Å². The molecular formula is C10H10ClFN2O2S. The summed E-state index contributed by atoms with van der Waals surface area (Å²) >= 11 is 10.3. The standard InChI is InChI=1S/C10H10ClFN2O2S/c1-2-16-10(15)14-9(17)13-6-3-4-7(11)8(12)5-6/h3-5H,2H2,1H3,(H2,13,14,15,17). The molecule has 0 radical (unpaired) electrons. The largest absolute Gasteiger partial charge is 0.450 e. The summed E-state index contributed by atoms with van der Waals surface area (Å²) in [6.07, 6.45) is -0.667. The van der Waals surface area contributed by atoms with Crippen LogP contribution in [0.25, 0.3) is 0 Å². The van der Waals surface area contributed by atoms with Crippen molar-refractivity contribution in [3.05, 3.63) is 29.0 Å². The third-order valence-electron chi connectivity index (χ3n) is 1.67. The molecule has 92 valence electrons. The number of nitrogens with one attached hydrogen (secondary N) is 2. The Morgan fingerprint density at radius 2 is 2.29 bits per heavy atom. The lowest BCUT2D eigenvalue weighted by atomic mass is 10.3. The first-order valence-electron chi connectivity index (χ1n) is 4.72. The molecule has 0 aromatic heterocycles. The van der Waals surface area contributed by atoms with Crippen molar-refractivity contribution >= 4 is 40.7 Å². The van der Waals surface area contributed by atoms with E-state index in [1.54, 1.807) is 6.92 Å². The first-order chi connectivity index (χ1) is 8.02. The van der Waals surface area contributed by atoms with E-state index in [0.29, 0.717) is 5.69 Å². The Labute approximate surface area is 108 Å². The minimum Gasteiger partial charge on any atom is -0.450 e. The summed E-state index contributed by atoms with van der Waals surface area (Å²) in [5.41, 5.74) is 0.383. The molecule has 0 fully saturated rings. The summed E-state index contributed by atoms with van der Waals surface area (Å²) in [5.74, 6) is -0.574. The highest BCUT2D eigenvalue weighted by molar-refractivity contribution is 7.80. The molecule has 0 unspecified atom stereocenters. The fourth-order valence-electron chi connectivity index (χ4n) is 0.996. The van der Waals surface area contributed by atoms with Gasteiger partial charge in [-0.25, -0.2) is 9.18 Å². The van der Waals surface area contributed by atoms with E-state index in [1.807, 2.05) is 0 Å². The minimum atomic E-state index is -0.667. The Morgan fingerprint density at radius 3 is 2.88 bits per heavy atom. The van der Waals surface area contributed by atoms with Crippen LogP contribution in [0, 0.1) is 5.82 Å². The molecule has 0 heterocycles. The normalized spacial score (nSPS) is 9.59. The second-order valence-electron chi connectivity index (χ2n) is 2.93. The molecule has 1 aromatic carbocycles. The molecule has 0 spiro atoms. The smallest absolute Gasteiger partial charge is 0.413 e. The summed E-state index contributed by atoms with van der Waals surface area (Å²) in [6, 6.07) is 4.08. The first-order valence-corrected chi connectivity index (χ1v) is 5.51. The number of amides is 1. The zero-order valence-electron chi connectivity index (χ0n) is 8.92. The summed E-state index contributed by atoms with van der Waals surface area (Å²) in [4.78, 5) is 11.0. The van der Waals surface area contributed by atoms with Crippen molar-refractivity contribution in [2.45, 2.75) is 6.92 Å². The van der Waals surface area contributed by atoms with Crippen LogP contribution in [0.1, 0.15) is 6.92 Å². The van der Waals surface area contributed by atoms with E-state index in [1.165, 1.54) is 18.2 Å². The maximum atomic E-state index is 13.1. The van der Waals surface area contributed by atoms with Gasteiger partial charge in [-0.1, -0.05) is 11.6 Å². The van der Waals surface area contributed by atoms with Gasteiger partial charge in [0.25, 0.3) is 0 Å². The summed E-state index contributed by atoms with van der Waals surface area (Å²) in [6.45, 7) is 1.91.